The summed E-state index contributed by atoms with van der Waals surface area (Å²) in [5, 5.41) is 2.90. The van der Waals surface area contributed by atoms with E-state index in [0.717, 1.165) is 5.75 Å². The highest BCUT2D eigenvalue weighted by Crippen LogP contribution is 2.49. The molecule has 0 N–H and O–H groups in total. The number of thioether (sulfide) groups is 2. The molecule has 1 saturated heterocycles. The summed E-state index contributed by atoms with van der Waals surface area (Å²) in [6.07, 6.45) is 0. The van der Waals surface area contributed by atoms with Crippen molar-refractivity contribution in [2.45, 2.75) is 16.8 Å². The molecule has 2 nitrogen and oxygen atoms in total. The zero-order chi connectivity index (χ0) is 15.5. The lowest BCUT2D eigenvalue weighted by atomic mass is 10.1. The van der Waals surface area contributed by atoms with Crippen LogP contribution in [0.25, 0.3) is 10.8 Å². The first kappa shape index (κ1) is 15.5. The van der Waals surface area contributed by atoms with Gasteiger partial charge in [-0.3, -0.25) is 0 Å². The van der Waals surface area contributed by atoms with Crippen LogP contribution in [-0.2, 0) is 9.53 Å². The molecule has 0 radical (unpaired) electrons. The number of hydrogen-bond acceptors (Lipinski definition) is 4. The van der Waals surface area contributed by atoms with Crippen molar-refractivity contribution in [3.8, 4) is 0 Å². The van der Waals surface area contributed by atoms with Crippen LogP contribution in [0.5, 0.6) is 0 Å². The molecule has 2 aromatic carbocycles. The van der Waals surface area contributed by atoms with Crippen molar-refractivity contribution in [1.82, 2.24) is 0 Å². The molecule has 0 bridgehead atoms. The summed E-state index contributed by atoms with van der Waals surface area (Å²) in [5.74, 6) is 0.714. The van der Waals surface area contributed by atoms with Gasteiger partial charge < -0.3 is 4.74 Å². The van der Waals surface area contributed by atoms with Crippen molar-refractivity contribution in [3.63, 3.8) is 0 Å². The van der Waals surface area contributed by atoms with Crippen LogP contribution in [-0.4, -0.2) is 23.6 Å². The third kappa shape index (κ3) is 3.50. The fraction of sp³-hybridized carbons (Fsp3) is 0.278. The minimum atomic E-state index is -0.292. The Kier molecular flexibility index (Phi) is 4.79. The summed E-state index contributed by atoms with van der Waals surface area (Å²) in [5.41, 5.74) is 1.80. The Morgan fingerprint density at radius 3 is 2.82 bits per heavy atom. The fourth-order valence-electron chi connectivity index (χ4n) is 2.36. The smallest absolute Gasteiger partial charge is 0.333 e. The van der Waals surface area contributed by atoms with Crippen molar-refractivity contribution < 1.29 is 9.53 Å². The van der Waals surface area contributed by atoms with E-state index < -0.39 is 0 Å². The van der Waals surface area contributed by atoms with Gasteiger partial charge in [0.1, 0.15) is 6.61 Å². The fourth-order valence-corrected chi connectivity index (χ4v) is 5.55. The van der Waals surface area contributed by atoms with Crippen LogP contribution in [0.3, 0.4) is 0 Å². The van der Waals surface area contributed by atoms with E-state index in [4.69, 9.17) is 4.74 Å². The second kappa shape index (κ2) is 6.80. The molecule has 2 unspecified atom stereocenters. The maximum atomic E-state index is 11.5. The molecule has 0 aliphatic carbocycles. The summed E-state index contributed by atoms with van der Waals surface area (Å²) < 4.78 is 5.68. The molecule has 4 heteroatoms. The molecule has 3 rings (SSSR count). The van der Waals surface area contributed by atoms with Gasteiger partial charge in [0.25, 0.3) is 0 Å². The monoisotopic (exact) mass is 330 g/mol. The predicted molar refractivity (Wildman–Crippen MR) is 96.3 cm³/mol. The Hall–Kier alpha value is -1.39. The average molecular weight is 330 g/mol. The molecule has 1 aliphatic rings. The number of benzene rings is 2. The molecule has 22 heavy (non-hydrogen) atoms. The van der Waals surface area contributed by atoms with Crippen molar-refractivity contribution in [3.05, 3.63) is 60.2 Å². The number of hydrogen-bond donors (Lipinski definition) is 0. The topological polar surface area (TPSA) is 26.3 Å². The van der Waals surface area contributed by atoms with E-state index in [9.17, 15) is 4.79 Å². The summed E-state index contributed by atoms with van der Waals surface area (Å²) in [7, 11) is 0. The van der Waals surface area contributed by atoms with Gasteiger partial charge in [-0.15, -0.1) is 23.5 Å². The van der Waals surface area contributed by atoms with Gasteiger partial charge in [-0.25, -0.2) is 4.79 Å². The summed E-state index contributed by atoms with van der Waals surface area (Å²) in [6.45, 7) is 5.75. The van der Waals surface area contributed by atoms with Gasteiger partial charge >= 0.3 is 5.97 Å². The Morgan fingerprint density at radius 1 is 1.27 bits per heavy atom. The predicted octanol–water partition coefficient (Wildman–Crippen LogP) is 4.81. The Balaban J connectivity index is 1.64. The van der Waals surface area contributed by atoms with Gasteiger partial charge in [0.05, 0.1) is 4.58 Å². The largest absolute Gasteiger partial charge is 0.461 e. The van der Waals surface area contributed by atoms with E-state index in [2.05, 4.69) is 49.0 Å². The molecule has 1 heterocycles. The van der Waals surface area contributed by atoms with Crippen molar-refractivity contribution in [1.29, 1.82) is 0 Å². The van der Waals surface area contributed by atoms with Gasteiger partial charge in [-0.05, 0) is 29.3 Å². The Labute approximate surface area is 139 Å². The van der Waals surface area contributed by atoms with E-state index >= 15 is 0 Å². The molecule has 114 valence electrons. The zero-order valence-corrected chi connectivity index (χ0v) is 14.1. The number of carbonyl (C=O) groups is 1. The number of fused-ring (bicyclic) bond motifs is 1. The number of carbonyl (C=O) groups excluding carboxylic acids is 1. The van der Waals surface area contributed by atoms with E-state index in [1.165, 1.54) is 16.3 Å². The maximum Gasteiger partial charge on any atom is 0.333 e. The van der Waals surface area contributed by atoms with Crippen molar-refractivity contribution >= 4 is 40.3 Å². The first-order chi connectivity index (χ1) is 10.6. The quantitative estimate of drug-likeness (QED) is 0.594. The second-order valence-corrected chi connectivity index (χ2v) is 8.26. The number of ether oxygens (including phenoxy) is 1. The molecular weight excluding hydrogens is 312 g/mol. The standard InChI is InChI=1S/C18H18O2S2/c1-12(2)17(19)20-10-16-11-21-18(22-16)15-8-7-13-5-3-4-6-14(13)9-15/h3-9,16,18H,1,10-11H2,2H3. The van der Waals surface area contributed by atoms with Crippen LogP contribution < -0.4 is 0 Å². The van der Waals surface area contributed by atoms with Gasteiger partial charge in [0.2, 0.25) is 0 Å². The lowest BCUT2D eigenvalue weighted by Crippen LogP contribution is -2.16. The van der Waals surface area contributed by atoms with Gasteiger partial charge in [-0.1, -0.05) is 43.0 Å². The van der Waals surface area contributed by atoms with Crippen LogP contribution in [0, 0.1) is 0 Å². The SMILES string of the molecule is C=C(C)C(=O)OCC1CSC(c2ccc3ccccc3c2)S1. The van der Waals surface area contributed by atoms with Crippen molar-refractivity contribution in [2.75, 3.05) is 12.4 Å². The van der Waals surface area contributed by atoms with Gasteiger partial charge in [0.15, 0.2) is 0 Å². The molecule has 0 aromatic heterocycles. The number of esters is 1. The molecule has 0 amide bonds. The first-order valence-corrected chi connectivity index (χ1v) is 9.21. The minimum absolute atomic E-state index is 0.292. The molecule has 1 fully saturated rings. The normalized spacial score (nSPS) is 21.0. The second-order valence-electron chi connectivity index (χ2n) is 5.41. The highest BCUT2D eigenvalue weighted by molar-refractivity contribution is 8.19. The van der Waals surface area contributed by atoms with E-state index in [1.807, 2.05) is 23.5 Å². The summed E-state index contributed by atoms with van der Waals surface area (Å²) >= 11 is 3.80. The Bertz CT molecular complexity index is 711. The van der Waals surface area contributed by atoms with Crippen LogP contribution in [0.1, 0.15) is 17.1 Å². The molecule has 0 spiro atoms. The van der Waals surface area contributed by atoms with Crippen LogP contribution in [0.15, 0.2) is 54.6 Å². The summed E-state index contributed by atoms with van der Waals surface area (Å²) in [4.78, 5) is 11.5. The van der Waals surface area contributed by atoms with E-state index in [-0.39, 0.29) is 5.97 Å². The molecule has 0 saturated carbocycles. The molecule has 1 aliphatic heterocycles. The van der Waals surface area contributed by atoms with E-state index in [1.54, 1.807) is 6.92 Å². The zero-order valence-electron chi connectivity index (χ0n) is 12.5. The third-order valence-corrected chi connectivity index (χ3v) is 6.87. The summed E-state index contributed by atoms with van der Waals surface area (Å²) in [6, 6.07) is 15.1. The van der Waals surface area contributed by atoms with Gasteiger partial charge in [-0.2, -0.15) is 0 Å². The van der Waals surface area contributed by atoms with E-state index in [0.29, 0.717) is 22.0 Å². The van der Waals surface area contributed by atoms with Crippen LogP contribution >= 0.6 is 23.5 Å². The highest BCUT2D eigenvalue weighted by atomic mass is 32.2. The third-order valence-electron chi connectivity index (χ3n) is 3.54. The van der Waals surface area contributed by atoms with Gasteiger partial charge in [0, 0.05) is 16.6 Å². The lowest BCUT2D eigenvalue weighted by Gasteiger charge is -2.12. The lowest BCUT2D eigenvalue weighted by molar-refractivity contribution is -0.138. The van der Waals surface area contributed by atoms with Crippen molar-refractivity contribution in [2.24, 2.45) is 0 Å². The maximum absolute atomic E-state index is 11.5. The Morgan fingerprint density at radius 2 is 2.05 bits per heavy atom. The highest BCUT2D eigenvalue weighted by Gasteiger charge is 2.28. The average Bonchev–Trinajstić information content (AvgIpc) is 3.01. The number of rotatable bonds is 4. The van der Waals surface area contributed by atoms with Crippen LogP contribution in [0.2, 0.25) is 0 Å². The molecule has 2 aromatic rings. The molecular formula is C18H18O2S2. The van der Waals surface area contributed by atoms with Crippen LogP contribution in [0.4, 0.5) is 0 Å². The minimum Gasteiger partial charge on any atom is -0.461 e. The first-order valence-electron chi connectivity index (χ1n) is 7.22. The molecule has 2 atom stereocenters.